The van der Waals surface area contributed by atoms with Gasteiger partial charge in [-0.3, -0.25) is 4.90 Å². The van der Waals surface area contributed by atoms with Gasteiger partial charge in [0.15, 0.2) is 0 Å². The van der Waals surface area contributed by atoms with E-state index in [0.29, 0.717) is 6.04 Å². The number of hydrogen-bond donors (Lipinski definition) is 1. The van der Waals surface area contributed by atoms with E-state index in [4.69, 9.17) is 11.6 Å². The molecule has 0 spiro atoms. The Labute approximate surface area is 73.2 Å². The van der Waals surface area contributed by atoms with E-state index in [1.54, 1.807) is 0 Å². The molecule has 0 amide bonds. The molecule has 2 nitrogen and oxygen atoms in total. The third-order valence-electron chi connectivity index (χ3n) is 1.85. The first-order valence-corrected chi connectivity index (χ1v) is 4.35. The van der Waals surface area contributed by atoms with Crippen molar-refractivity contribution in [3.63, 3.8) is 0 Å². The van der Waals surface area contributed by atoms with Crippen LogP contribution in [0.5, 0.6) is 0 Å². The molecule has 0 aromatic heterocycles. The molecule has 0 bridgehead atoms. The summed E-state index contributed by atoms with van der Waals surface area (Å²) in [5.41, 5.74) is 0. The van der Waals surface area contributed by atoms with Crippen LogP contribution in [0.15, 0.2) is 11.6 Å². The summed E-state index contributed by atoms with van der Waals surface area (Å²) in [6.45, 7) is 9.90. The van der Waals surface area contributed by atoms with Crippen molar-refractivity contribution < 1.29 is 0 Å². The highest BCUT2D eigenvalue weighted by Gasteiger charge is 2.14. The summed E-state index contributed by atoms with van der Waals surface area (Å²) in [7, 11) is 0. The standard InChI is InChI=1S/C8H15ClN2/c1-7(9)5-11-4-3-10-8(2)6-11/h8,10H,1,3-6H2,2H3/t8-/m0/s1. The van der Waals surface area contributed by atoms with E-state index in [0.717, 1.165) is 31.2 Å². The molecule has 11 heavy (non-hydrogen) atoms. The van der Waals surface area contributed by atoms with Gasteiger partial charge in [-0.1, -0.05) is 18.2 Å². The predicted molar refractivity (Wildman–Crippen MR) is 48.9 cm³/mol. The normalized spacial score (nSPS) is 26.9. The Hall–Kier alpha value is -0.0500. The minimum atomic E-state index is 0.583. The van der Waals surface area contributed by atoms with Gasteiger partial charge in [0.2, 0.25) is 0 Å². The maximum Gasteiger partial charge on any atom is 0.0336 e. The van der Waals surface area contributed by atoms with Crippen LogP contribution in [0.4, 0.5) is 0 Å². The van der Waals surface area contributed by atoms with Crippen LogP contribution in [0.1, 0.15) is 6.92 Å². The van der Waals surface area contributed by atoms with Crippen molar-refractivity contribution in [1.29, 1.82) is 0 Å². The molecule has 64 valence electrons. The number of nitrogens with one attached hydrogen (secondary N) is 1. The fraction of sp³-hybridized carbons (Fsp3) is 0.750. The molecule has 0 aliphatic carbocycles. The molecule has 1 rings (SSSR count). The van der Waals surface area contributed by atoms with Crippen molar-refractivity contribution in [2.75, 3.05) is 26.2 Å². The van der Waals surface area contributed by atoms with Crippen molar-refractivity contribution in [2.45, 2.75) is 13.0 Å². The number of rotatable bonds is 2. The largest absolute Gasteiger partial charge is 0.312 e. The lowest BCUT2D eigenvalue weighted by atomic mass is 10.2. The first kappa shape index (κ1) is 9.04. The molecule has 1 fully saturated rings. The van der Waals surface area contributed by atoms with Crippen LogP contribution in [0, 0.1) is 0 Å². The Bertz CT molecular complexity index is 147. The Morgan fingerprint density at radius 2 is 2.55 bits per heavy atom. The molecule has 0 aromatic rings. The average molecular weight is 175 g/mol. The number of halogens is 1. The highest BCUT2D eigenvalue weighted by Crippen LogP contribution is 2.04. The second-order valence-corrected chi connectivity index (χ2v) is 3.64. The molecule has 1 aliphatic rings. The minimum Gasteiger partial charge on any atom is -0.312 e. The Morgan fingerprint density at radius 3 is 3.09 bits per heavy atom. The van der Waals surface area contributed by atoms with E-state index in [1.165, 1.54) is 0 Å². The minimum absolute atomic E-state index is 0.583. The molecular weight excluding hydrogens is 160 g/mol. The van der Waals surface area contributed by atoms with Crippen LogP contribution < -0.4 is 5.32 Å². The number of piperazine rings is 1. The highest BCUT2D eigenvalue weighted by atomic mass is 35.5. The molecule has 1 N–H and O–H groups in total. The molecular formula is C8H15ClN2. The van der Waals surface area contributed by atoms with E-state index >= 15 is 0 Å². The zero-order chi connectivity index (χ0) is 8.27. The van der Waals surface area contributed by atoms with Gasteiger partial charge < -0.3 is 5.32 Å². The maximum atomic E-state index is 5.70. The smallest absolute Gasteiger partial charge is 0.0336 e. The van der Waals surface area contributed by atoms with E-state index < -0.39 is 0 Å². The monoisotopic (exact) mass is 174 g/mol. The van der Waals surface area contributed by atoms with Gasteiger partial charge in [-0.2, -0.15) is 0 Å². The Balaban J connectivity index is 2.28. The zero-order valence-corrected chi connectivity index (χ0v) is 7.69. The number of hydrogen-bond acceptors (Lipinski definition) is 2. The van der Waals surface area contributed by atoms with E-state index in [1.807, 2.05) is 0 Å². The lowest BCUT2D eigenvalue weighted by Crippen LogP contribution is -2.49. The Morgan fingerprint density at radius 1 is 1.82 bits per heavy atom. The predicted octanol–water partition coefficient (Wildman–Crippen LogP) is 1.03. The molecule has 1 atom stereocenters. The summed E-state index contributed by atoms with van der Waals surface area (Å²) in [5.74, 6) is 0. The molecule has 1 aliphatic heterocycles. The van der Waals surface area contributed by atoms with Crippen molar-refractivity contribution in [3.05, 3.63) is 11.6 Å². The van der Waals surface area contributed by atoms with Gasteiger partial charge in [-0.15, -0.1) is 0 Å². The van der Waals surface area contributed by atoms with Crippen LogP contribution in [0.3, 0.4) is 0 Å². The fourth-order valence-electron chi connectivity index (χ4n) is 1.40. The summed E-state index contributed by atoms with van der Waals surface area (Å²) in [6, 6.07) is 0.583. The lowest BCUT2D eigenvalue weighted by molar-refractivity contribution is 0.225. The summed E-state index contributed by atoms with van der Waals surface area (Å²) < 4.78 is 0. The Kier molecular flexibility index (Phi) is 3.37. The topological polar surface area (TPSA) is 15.3 Å². The molecule has 0 radical (unpaired) electrons. The van der Waals surface area contributed by atoms with Crippen LogP contribution in [0.2, 0.25) is 0 Å². The van der Waals surface area contributed by atoms with Gasteiger partial charge >= 0.3 is 0 Å². The van der Waals surface area contributed by atoms with E-state index in [-0.39, 0.29) is 0 Å². The molecule has 1 heterocycles. The van der Waals surface area contributed by atoms with Crippen LogP contribution in [-0.2, 0) is 0 Å². The maximum absolute atomic E-state index is 5.70. The molecule has 3 heteroatoms. The summed E-state index contributed by atoms with van der Waals surface area (Å²) in [5, 5.41) is 4.11. The van der Waals surface area contributed by atoms with Crippen molar-refractivity contribution in [3.8, 4) is 0 Å². The van der Waals surface area contributed by atoms with E-state index in [2.05, 4.69) is 23.7 Å². The van der Waals surface area contributed by atoms with Crippen LogP contribution in [0.25, 0.3) is 0 Å². The van der Waals surface area contributed by atoms with Crippen molar-refractivity contribution in [1.82, 2.24) is 10.2 Å². The van der Waals surface area contributed by atoms with Gasteiger partial charge in [0.05, 0.1) is 0 Å². The van der Waals surface area contributed by atoms with Crippen LogP contribution >= 0.6 is 11.6 Å². The zero-order valence-electron chi connectivity index (χ0n) is 6.94. The highest BCUT2D eigenvalue weighted by molar-refractivity contribution is 6.29. The molecule has 1 saturated heterocycles. The summed E-state index contributed by atoms with van der Waals surface area (Å²) in [4.78, 5) is 2.32. The molecule has 0 saturated carbocycles. The lowest BCUT2D eigenvalue weighted by Gasteiger charge is -2.31. The molecule has 0 unspecified atom stereocenters. The second kappa shape index (κ2) is 4.10. The van der Waals surface area contributed by atoms with Gasteiger partial charge in [0.1, 0.15) is 0 Å². The quantitative estimate of drug-likeness (QED) is 0.673. The van der Waals surface area contributed by atoms with Crippen molar-refractivity contribution >= 4 is 11.6 Å². The average Bonchev–Trinajstić information content (AvgIpc) is 1.85. The SMILES string of the molecule is C=C(Cl)CN1CCN[C@@H](C)C1. The van der Waals surface area contributed by atoms with Gasteiger partial charge in [0.25, 0.3) is 0 Å². The third-order valence-corrected chi connectivity index (χ3v) is 1.97. The first-order valence-electron chi connectivity index (χ1n) is 3.97. The fourth-order valence-corrected chi connectivity index (χ4v) is 1.57. The second-order valence-electron chi connectivity index (χ2n) is 3.11. The van der Waals surface area contributed by atoms with Gasteiger partial charge in [-0.05, 0) is 6.92 Å². The molecule has 0 aromatic carbocycles. The third kappa shape index (κ3) is 3.23. The van der Waals surface area contributed by atoms with Crippen LogP contribution in [-0.4, -0.2) is 37.1 Å². The number of nitrogens with zero attached hydrogens (tertiary/aromatic N) is 1. The van der Waals surface area contributed by atoms with Gasteiger partial charge in [-0.25, -0.2) is 0 Å². The van der Waals surface area contributed by atoms with Crippen molar-refractivity contribution in [2.24, 2.45) is 0 Å². The first-order chi connectivity index (χ1) is 5.18. The van der Waals surface area contributed by atoms with Gasteiger partial charge in [0, 0.05) is 37.3 Å². The van der Waals surface area contributed by atoms with E-state index in [9.17, 15) is 0 Å². The summed E-state index contributed by atoms with van der Waals surface area (Å²) in [6.07, 6.45) is 0. The summed E-state index contributed by atoms with van der Waals surface area (Å²) >= 11 is 5.70.